The number of fused-ring (bicyclic) bond motifs is 2. The van der Waals surface area contributed by atoms with Gasteiger partial charge in [-0.05, 0) is 37.0 Å². The Kier molecular flexibility index (Phi) is 4.74. The van der Waals surface area contributed by atoms with E-state index in [0.717, 1.165) is 37.4 Å². The summed E-state index contributed by atoms with van der Waals surface area (Å²) in [5, 5.41) is 0. The van der Waals surface area contributed by atoms with Gasteiger partial charge < -0.3 is 18.9 Å². The topological polar surface area (TPSA) is 40.2 Å². The fraction of sp³-hybridized carbons (Fsp3) is 0.579. The molecule has 3 atom stereocenters. The van der Waals surface area contributed by atoms with Gasteiger partial charge in [0, 0.05) is 19.1 Å². The monoisotopic (exact) mass is 331 g/mol. The molecule has 3 aliphatic rings. The molecular formula is C19H25NO4. The number of hydrogen-bond acceptors (Lipinski definition) is 5. The maximum atomic E-state index is 6.25. The minimum Gasteiger partial charge on any atom is -0.454 e. The molecule has 0 amide bonds. The fourth-order valence-electron chi connectivity index (χ4n) is 3.96. The molecule has 0 spiro atoms. The molecule has 1 aromatic rings. The molecule has 0 saturated carbocycles. The van der Waals surface area contributed by atoms with Gasteiger partial charge in [0.15, 0.2) is 11.5 Å². The van der Waals surface area contributed by atoms with Crippen molar-refractivity contribution in [3.63, 3.8) is 0 Å². The van der Waals surface area contributed by atoms with Crippen molar-refractivity contribution in [2.75, 3.05) is 26.6 Å². The van der Waals surface area contributed by atoms with Crippen LogP contribution < -0.4 is 9.47 Å². The third kappa shape index (κ3) is 3.29. The van der Waals surface area contributed by atoms with E-state index in [1.807, 2.05) is 6.07 Å². The maximum Gasteiger partial charge on any atom is 0.231 e. The van der Waals surface area contributed by atoms with Gasteiger partial charge in [-0.2, -0.15) is 0 Å². The SMILES string of the molecule is C=CCOC[C@@H]1CC[C@@H]2[C@@H](CCN2Cc2ccc3c(c2)OCO3)O1. The quantitative estimate of drug-likeness (QED) is 0.592. The van der Waals surface area contributed by atoms with Crippen molar-refractivity contribution in [2.24, 2.45) is 0 Å². The molecule has 130 valence electrons. The Morgan fingerprint density at radius 3 is 3.04 bits per heavy atom. The molecule has 2 saturated heterocycles. The van der Waals surface area contributed by atoms with Crippen molar-refractivity contribution in [3.05, 3.63) is 36.4 Å². The molecule has 0 aromatic heterocycles. The molecule has 5 nitrogen and oxygen atoms in total. The number of nitrogens with zero attached hydrogens (tertiary/aromatic N) is 1. The highest BCUT2D eigenvalue weighted by Gasteiger charge is 2.39. The number of rotatable bonds is 6. The van der Waals surface area contributed by atoms with Crippen LogP contribution in [0.15, 0.2) is 30.9 Å². The van der Waals surface area contributed by atoms with Crippen LogP contribution in [0.4, 0.5) is 0 Å². The summed E-state index contributed by atoms with van der Waals surface area (Å²) < 4.78 is 22.7. The van der Waals surface area contributed by atoms with Crippen LogP contribution in [0.25, 0.3) is 0 Å². The van der Waals surface area contributed by atoms with Crippen LogP contribution in [0.5, 0.6) is 11.5 Å². The Morgan fingerprint density at radius 2 is 2.12 bits per heavy atom. The second kappa shape index (κ2) is 7.13. The molecule has 4 rings (SSSR count). The van der Waals surface area contributed by atoms with Gasteiger partial charge in [0.2, 0.25) is 6.79 Å². The first kappa shape index (κ1) is 15.9. The summed E-state index contributed by atoms with van der Waals surface area (Å²) in [6.07, 6.45) is 5.70. The zero-order chi connectivity index (χ0) is 16.4. The lowest BCUT2D eigenvalue weighted by Gasteiger charge is -2.36. The number of likely N-dealkylation sites (tertiary alicyclic amines) is 1. The van der Waals surface area contributed by atoms with Crippen molar-refractivity contribution < 1.29 is 18.9 Å². The predicted octanol–water partition coefficient (Wildman–Crippen LogP) is 2.74. The molecule has 1 aromatic carbocycles. The van der Waals surface area contributed by atoms with Gasteiger partial charge in [0.05, 0.1) is 25.4 Å². The lowest BCUT2D eigenvalue weighted by Crippen LogP contribution is -2.43. The van der Waals surface area contributed by atoms with E-state index in [1.165, 1.54) is 12.0 Å². The Labute approximate surface area is 143 Å². The van der Waals surface area contributed by atoms with Gasteiger partial charge in [-0.3, -0.25) is 4.90 Å². The van der Waals surface area contributed by atoms with E-state index in [0.29, 0.717) is 32.2 Å². The van der Waals surface area contributed by atoms with Crippen LogP contribution in [0.2, 0.25) is 0 Å². The molecule has 3 heterocycles. The average Bonchev–Trinajstić information content (AvgIpc) is 3.22. The zero-order valence-electron chi connectivity index (χ0n) is 14.0. The largest absolute Gasteiger partial charge is 0.454 e. The summed E-state index contributed by atoms with van der Waals surface area (Å²) in [5.41, 5.74) is 1.27. The van der Waals surface area contributed by atoms with Crippen molar-refractivity contribution in [1.82, 2.24) is 4.90 Å². The second-order valence-electron chi connectivity index (χ2n) is 6.71. The first-order chi connectivity index (χ1) is 11.8. The Bertz CT molecular complexity index is 591. The molecule has 0 unspecified atom stereocenters. The average molecular weight is 331 g/mol. The fourth-order valence-corrected chi connectivity index (χ4v) is 3.96. The summed E-state index contributed by atoms with van der Waals surface area (Å²) >= 11 is 0. The van der Waals surface area contributed by atoms with Gasteiger partial charge in [0.25, 0.3) is 0 Å². The molecule has 0 radical (unpaired) electrons. The predicted molar refractivity (Wildman–Crippen MR) is 90.3 cm³/mol. The smallest absolute Gasteiger partial charge is 0.231 e. The third-order valence-corrected chi connectivity index (χ3v) is 5.11. The van der Waals surface area contributed by atoms with Crippen LogP contribution in [-0.4, -0.2) is 49.7 Å². The van der Waals surface area contributed by atoms with E-state index in [9.17, 15) is 0 Å². The molecule has 0 aliphatic carbocycles. The van der Waals surface area contributed by atoms with Crippen molar-refractivity contribution in [3.8, 4) is 11.5 Å². The summed E-state index contributed by atoms with van der Waals surface area (Å²) in [7, 11) is 0. The van der Waals surface area contributed by atoms with Gasteiger partial charge in [0.1, 0.15) is 0 Å². The van der Waals surface area contributed by atoms with Gasteiger partial charge >= 0.3 is 0 Å². The van der Waals surface area contributed by atoms with Crippen molar-refractivity contribution in [1.29, 1.82) is 0 Å². The first-order valence-corrected chi connectivity index (χ1v) is 8.80. The van der Waals surface area contributed by atoms with E-state index < -0.39 is 0 Å². The minimum absolute atomic E-state index is 0.233. The summed E-state index contributed by atoms with van der Waals surface area (Å²) in [5.74, 6) is 1.71. The minimum atomic E-state index is 0.233. The molecule has 24 heavy (non-hydrogen) atoms. The molecule has 2 fully saturated rings. The highest BCUT2D eigenvalue weighted by atomic mass is 16.7. The first-order valence-electron chi connectivity index (χ1n) is 8.80. The Hall–Kier alpha value is -1.56. The number of benzene rings is 1. The summed E-state index contributed by atoms with van der Waals surface area (Å²) in [6, 6.07) is 6.77. The van der Waals surface area contributed by atoms with Gasteiger partial charge in [-0.15, -0.1) is 6.58 Å². The molecule has 5 heteroatoms. The highest BCUT2D eigenvalue weighted by Crippen LogP contribution is 2.35. The van der Waals surface area contributed by atoms with Crippen molar-refractivity contribution >= 4 is 0 Å². The van der Waals surface area contributed by atoms with Crippen LogP contribution in [-0.2, 0) is 16.0 Å². The van der Waals surface area contributed by atoms with Crippen LogP contribution in [0.1, 0.15) is 24.8 Å². The maximum absolute atomic E-state index is 6.25. The molecule has 0 bridgehead atoms. The van der Waals surface area contributed by atoms with Crippen LogP contribution >= 0.6 is 0 Å². The lowest BCUT2D eigenvalue weighted by molar-refractivity contribution is -0.0971. The zero-order valence-corrected chi connectivity index (χ0v) is 14.0. The standard InChI is InChI=1S/C19H25NO4/c1-2-9-21-12-15-4-5-16-17(24-15)7-8-20(16)11-14-3-6-18-19(10-14)23-13-22-18/h2-3,6,10,15-17H,1,4-5,7-9,11-13H2/t15-,16+,17+/m0/s1. The van der Waals surface area contributed by atoms with E-state index in [4.69, 9.17) is 18.9 Å². The number of hydrogen-bond donors (Lipinski definition) is 0. The van der Waals surface area contributed by atoms with E-state index in [2.05, 4.69) is 23.6 Å². The summed E-state index contributed by atoms with van der Waals surface area (Å²) in [4.78, 5) is 2.54. The Morgan fingerprint density at radius 1 is 1.21 bits per heavy atom. The molecule has 0 N–H and O–H groups in total. The molecule has 3 aliphatic heterocycles. The second-order valence-corrected chi connectivity index (χ2v) is 6.71. The number of ether oxygens (including phenoxy) is 4. The third-order valence-electron chi connectivity index (χ3n) is 5.11. The van der Waals surface area contributed by atoms with Crippen LogP contribution in [0, 0.1) is 0 Å². The van der Waals surface area contributed by atoms with E-state index >= 15 is 0 Å². The lowest BCUT2D eigenvalue weighted by atomic mass is 9.99. The van der Waals surface area contributed by atoms with Gasteiger partial charge in [-0.25, -0.2) is 0 Å². The van der Waals surface area contributed by atoms with Gasteiger partial charge in [-0.1, -0.05) is 12.1 Å². The van der Waals surface area contributed by atoms with Crippen molar-refractivity contribution in [2.45, 2.75) is 44.1 Å². The highest BCUT2D eigenvalue weighted by molar-refractivity contribution is 5.44. The van der Waals surface area contributed by atoms with E-state index in [1.54, 1.807) is 6.08 Å². The van der Waals surface area contributed by atoms with Crippen LogP contribution in [0.3, 0.4) is 0 Å². The summed E-state index contributed by atoms with van der Waals surface area (Å²) in [6.45, 7) is 7.32. The van der Waals surface area contributed by atoms with E-state index in [-0.39, 0.29) is 6.10 Å². The molecular weight excluding hydrogens is 306 g/mol. The normalized spacial score (nSPS) is 28.8. The Balaban J connectivity index is 1.33.